The predicted molar refractivity (Wildman–Crippen MR) is 93.6 cm³/mol. The molecule has 1 fully saturated rings. The number of fused-ring (bicyclic) bond motifs is 4. The molecule has 0 aromatic carbocycles. The van der Waals surface area contributed by atoms with Gasteiger partial charge in [0.25, 0.3) is 5.91 Å². The highest BCUT2D eigenvalue weighted by molar-refractivity contribution is 7.16. The molecule has 8 heteroatoms. The average molecular weight is 355 g/mol. The van der Waals surface area contributed by atoms with Crippen molar-refractivity contribution in [1.82, 2.24) is 20.1 Å². The van der Waals surface area contributed by atoms with Crippen molar-refractivity contribution in [3.05, 3.63) is 40.7 Å². The topological polar surface area (TPSA) is 87.0 Å². The Morgan fingerprint density at radius 1 is 1.48 bits per heavy atom. The van der Waals surface area contributed by atoms with Gasteiger partial charge in [-0.2, -0.15) is 5.10 Å². The van der Waals surface area contributed by atoms with Gasteiger partial charge in [0.05, 0.1) is 12.0 Å². The Hall–Kier alpha value is -2.45. The number of thiazole rings is 1. The number of nitrogens with one attached hydrogen (secondary N) is 2. The van der Waals surface area contributed by atoms with Crippen molar-refractivity contribution in [1.29, 1.82) is 0 Å². The monoisotopic (exact) mass is 355 g/mol. The van der Waals surface area contributed by atoms with Crippen LogP contribution in [0.25, 0.3) is 11.5 Å². The summed E-state index contributed by atoms with van der Waals surface area (Å²) in [5.74, 6) is 0.383. The molecule has 5 rings (SSSR count). The number of hydrogen-bond acceptors (Lipinski definition) is 6. The SMILES string of the molecule is CN1C2CCC1c1sc(NC(=O)c3cc(-c4ccco4)[nH]n3)nc1C2. The summed E-state index contributed by atoms with van der Waals surface area (Å²) < 4.78 is 5.31. The number of aromatic nitrogens is 3. The molecule has 25 heavy (non-hydrogen) atoms. The van der Waals surface area contributed by atoms with Gasteiger partial charge in [0, 0.05) is 29.4 Å². The van der Waals surface area contributed by atoms with Crippen LogP contribution in [-0.2, 0) is 6.42 Å². The Bertz CT molecular complexity index is 929. The van der Waals surface area contributed by atoms with Crippen molar-refractivity contribution in [3.63, 3.8) is 0 Å². The standard InChI is InChI=1S/C17H17N5O2S/c1-22-9-4-5-13(22)15-11(7-9)18-17(25-15)19-16(23)12-8-10(20-21-12)14-3-2-6-24-14/h2-3,6,8-9,13H,4-5,7H2,1H3,(H,20,21)(H,18,19,23). The number of likely N-dealkylation sites (N-methyl/N-ethyl adjacent to an activating group) is 1. The molecule has 128 valence electrons. The highest BCUT2D eigenvalue weighted by atomic mass is 32.1. The first-order valence-corrected chi connectivity index (χ1v) is 9.13. The third-order valence-corrected chi connectivity index (χ3v) is 6.23. The van der Waals surface area contributed by atoms with E-state index in [1.807, 2.05) is 6.07 Å². The van der Waals surface area contributed by atoms with Crippen molar-refractivity contribution in [2.75, 3.05) is 12.4 Å². The summed E-state index contributed by atoms with van der Waals surface area (Å²) in [5, 5.41) is 10.4. The molecule has 0 spiro atoms. The van der Waals surface area contributed by atoms with Crippen LogP contribution in [0.15, 0.2) is 28.9 Å². The highest BCUT2D eigenvalue weighted by Gasteiger charge is 2.39. The maximum Gasteiger partial charge on any atom is 0.277 e. The van der Waals surface area contributed by atoms with Crippen molar-refractivity contribution in [2.24, 2.45) is 0 Å². The molecule has 1 amide bonds. The fraction of sp³-hybridized carbons (Fsp3) is 0.353. The molecule has 3 aromatic heterocycles. The zero-order valence-electron chi connectivity index (χ0n) is 13.7. The number of aromatic amines is 1. The van der Waals surface area contributed by atoms with Crippen molar-refractivity contribution < 1.29 is 9.21 Å². The number of rotatable bonds is 3. The van der Waals surface area contributed by atoms with Gasteiger partial charge >= 0.3 is 0 Å². The summed E-state index contributed by atoms with van der Waals surface area (Å²) >= 11 is 1.58. The first-order valence-electron chi connectivity index (χ1n) is 8.31. The molecule has 2 aliphatic heterocycles. The van der Waals surface area contributed by atoms with Crippen molar-refractivity contribution >= 4 is 22.4 Å². The summed E-state index contributed by atoms with van der Waals surface area (Å²) in [7, 11) is 2.18. The Labute approximate surface area is 148 Å². The largest absolute Gasteiger partial charge is 0.463 e. The van der Waals surface area contributed by atoms with E-state index in [1.54, 1.807) is 29.7 Å². The summed E-state index contributed by atoms with van der Waals surface area (Å²) in [6.45, 7) is 0. The highest BCUT2D eigenvalue weighted by Crippen LogP contribution is 2.45. The maximum absolute atomic E-state index is 12.5. The summed E-state index contributed by atoms with van der Waals surface area (Å²) in [6, 6.07) is 6.33. The van der Waals surface area contributed by atoms with Crippen LogP contribution in [0.5, 0.6) is 0 Å². The number of carbonyl (C=O) groups excluding carboxylic acids is 1. The van der Waals surface area contributed by atoms with Crippen molar-refractivity contribution in [2.45, 2.75) is 31.3 Å². The molecular formula is C17H17N5O2S. The molecule has 0 saturated carbocycles. The van der Waals surface area contributed by atoms with Gasteiger partial charge in [-0.25, -0.2) is 4.98 Å². The molecule has 2 aliphatic rings. The second-order valence-electron chi connectivity index (χ2n) is 6.54. The summed E-state index contributed by atoms with van der Waals surface area (Å²) in [6.07, 6.45) is 4.96. The van der Waals surface area contributed by atoms with E-state index in [2.05, 4.69) is 32.4 Å². The van der Waals surface area contributed by atoms with E-state index in [9.17, 15) is 4.79 Å². The molecule has 3 aromatic rings. The molecule has 2 unspecified atom stereocenters. The van der Waals surface area contributed by atoms with Gasteiger partial charge in [-0.05, 0) is 32.0 Å². The third kappa shape index (κ3) is 2.40. The minimum absolute atomic E-state index is 0.265. The van der Waals surface area contributed by atoms with Gasteiger partial charge in [-0.15, -0.1) is 0 Å². The van der Waals surface area contributed by atoms with E-state index < -0.39 is 0 Å². The number of furan rings is 1. The zero-order chi connectivity index (χ0) is 17.0. The average Bonchev–Trinajstić information content (AvgIpc) is 3.35. The lowest BCUT2D eigenvalue weighted by Gasteiger charge is -2.29. The van der Waals surface area contributed by atoms with Crippen LogP contribution in [0.3, 0.4) is 0 Å². The summed E-state index contributed by atoms with van der Waals surface area (Å²) in [5.41, 5.74) is 2.13. The number of H-pyrrole nitrogens is 1. The maximum atomic E-state index is 12.5. The van der Waals surface area contributed by atoms with E-state index in [0.29, 0.717) is 34.4 Å². The van der Waals surface area contributed by atoms with E-state index in [1.165, 1.54) is 17.7 Å². The Morgan fingerprint density at radius 3 is 3.24 bits per heavy atom. The quantitative estimate of drug-likeness (QED) is 0.754. The van der Waals surface area contributed by atoms with E-state index in [-0.39, 0.29) is 5.91 Å². The molecule has 2 atom stereocenters. The zero-order valence-corrected chi connectivity index (χ0v) is 14.5. The van der Waals surface area contributed by atoms with Gasteiger partial charge in [-0.1, -0.05) is 11.3 Å². The van der Waals surface area contributed by atoms with Crippen molar-refractivity contribution in [3.8, 4) is 11.5 Å². The summed E-state index contributed by atoms with van der Waals surface area (Å²) in [4.78, 5) is 20.9. The van der Waals surface area contributed by atoms with Gasteiger partial charge in [0.2, 0.25) is 0 Å². The van der Waals surface area contributed by atoms with Crippen LogP contribution in [-0.4, -0.2) is 39.1 Å². The Morgan fingerprint density at radius 2 is 2.40 bits per heavy atom. The molecule has 7 nitrogen and oxygen atoms in total. The van der Waals surface area contributed by atoms with Gasteiger partial charge in [0.15, 0.2) is 16.6 Å². The normalized spacial score (nSPS) is 22.1. The molecule has 2 N–H and O–H groups in total. The fourth-order valence-electron chi connectivity index (χ4n) is 3.78. The smallest absolute Gasteiger partial charge is 0.277 e. The van der Waals surface area contributed by atoms with Crippen LogP contribution < -0.4 is 5.32 Å². The number of hydrogen-bond donors (Lipinski definition) is 2. The number of amides is 1. The first-order chi connectivity index (χ1) is 12.2. The third-order valence-electron chi connectivity index (χ3n) is 5.12. The van der Waals surface area contributed by atoms with Crippen LogP contribution in [0, 0.1) is 0 Å². The second kappa shape index (κ2) is 5.53. The van der Waals surface area contributed by atoms with Gasteiger partial charge < -0.3 is 4.42 Å². The number of carbonyl (C=O) groups is 1. The van der Waals surface area contributed by atoms with E-state index in [0.717, 1.165) is 12.1 Å². The molecule has 1 saturated heterocycles. The first kappa shape index (κ1) is 14.9. The number of nitrogens with zero attached hydrogens (tertiary/aromatic N) is 3. The second-order valence-corrected chi connectivity index (χ2v) is 7.58. The molecule has 0 radical (unpaired) electrons. The van der Waals surface area contributed by atoms with E-state index in [4.69, 9.17) is 4.42 Å². The van der Waals surface area contributed by atoms with Crippen LogP contribution in [0.1, 0.15) is 39.9 Å². The molecule has 5 heterocycles. The Balaban J connectivity index is 1.36. The minimum atomic E-state index is -0.265. The molecular weight excluding hydrogens is 338 g/mol. The lowest BCUT2D eigenvalue weighted by molar-refractivity contribution is 0.102. The fourth-order valence-corrected chi connectivity index (χ4v) is 4.95. The molecule has 2 bridgehead atoms. The van der Waals surface area contributed by atoms with Crippen LogP contribution in [0.4, 0.5) is 5.13 Å². The van der Waals surface area contributed by atoms with Crippen LogP contribution >= 0.6 is 11.3 Å². The molecule has 0 aliphatic carbocycles. The Kier molecular flexibility index (Phi) is 3.29. The lowest BCUT2D eigenvalue weighted by atomic mass is 10.1. The predicted octanol–water partition coefficient (Wildman–Crippen LogP) is 3.07. The van der Waals surface area contributed by atoms with Crippen LogP contribution in [0.2, 0.25) is 0 Å². The van der Waals surface area contributed by atoms with Gasteiger partial charge in [0.1, 0.15) is 5.69 Å². The number of anilines is 1. The van der Waals surface area contributed by atoms with E-state index >= 15 is 0 Å². The van der Waals surface area contributed by atoms with Gasteiger partial charge in [-0.3, -0.25) is 20.1 Å². The minimum Gasteiger partial charge on any atom is -0.463 e. The lowest BCUT2D eigenvalue weighted by Crippen LogP contribution is -2.33.